The van der Waals surface area contributed by atoms with Gasteiger partial charge in [-0.15, -0.1) is 0 Å². The number of halogens is 1. The maximum Gasteiger partial charge on any atom is 0.338 e. The molecule has 0 bridgehead atoms. The van der Waals surface area contributed by atoms with E-state index in [2.05, 4.69) is 39.0 Å². The molecule has 0 radical (unpaired) electrons. The van der Waals surface area contributed by atoms with Crippen molar-refractivity contribution >= 4 is 40.1 Å². The molecular formula is C15H15IN2O2. The molecule has 1 N–H and O–H groups in total. The van der Waals surface area contributed by atoms with E-state index in [1.807, 2.05) is 32.2 Å². The average molecular weight is 382 g/mol. The van der Waals surface area contributed by atoms with Gasteiger partial charge < -0.3 is 10.1 Å². The molecule has 4 nitrogen and oxygen atoms in total. The fourth-order valence-corrected chi connectivity index (χ4v) is 2.62. The SMILES string of the molecule is COC(=O)c1cccc(Nc2ncc(C)cc2I)c1C. The first kappa shape index (κ1) is 14.8. The number of methoxy groups -OCH3 is 1. The average Bonchev–Trinajstić information content (AvgIpc) is 2.43. The molecule has 1 heterocycles. The number of carbonyl (C=O) groups excluding carboxylic acids is 1. The number of hydrogen-bond acceptors (Lipinski definition) is 4. The molecule has 1 aromatic carbocycles. The normalized spacial score (nSPS) is 10.2. The first-order chi connectivity index (χ1) is 9.52. The molecule has 0 fully saturated rings. The van der Waals surface area contributed by atoms with E-state index in [4.69, 9.17) is 4.74 Å². The van der Waals surface area contributed by atoms with Crippen molar-refractivity contribution < 1.29 is 9.53 Å². The van der Waals surface area contributed by atoms with Gasteiger partial charge in [-0.3, -0.25) is 0 Å². The number of ether oxygens (including phenoxy) is 1. The van der Waals surface area contributed by atoms with Crippen LogP contribution in [0.1, 0.15) is 21.5 Å². The highest BCUT2D eigenvalue weighted by molar-refractivity contribution is 14.1. The van der Waals surface area contributed by atoms with Gasteiger partial charge in [0.05, 0.1) is 16.2 Å². The molecule has 5 heteroatoms. The Hall–Kier alpha value is -1.63. The van der Waals surface area contributed by atoms with E-state index in [0.717, 1.165) is 26.2 Å². The van der Waals surface area contributed by atoms with E-state index in [1.165, 1.54) is 7.11 Å². The molecular weight excluding hydrogens is 367 g/mol. The largest absolute Gasteiger partial charge is 0.465 e. The Morgan fingerprint density at radius 1 is 1.35 bits per heavy atom. The van der Waals surface area contributed by atoms with Crippen LogP contribution in [0.4, 0.5) is 11.5 Å². The topological polar surface area (TPSA) is 51.2 Å². The zero-order valence-corrected chi connectivity index (χ0v) is 13.7. The molecule has 0 atom stereocenters. The van der Waals surface area contributed by atoms with Crippen LogP contribution in [-0.4, -0.2) is 18.1 Å². The minimum Gasteiger partial charge on any atom is -0.465 e. The van der Waals surface area contributed by atoms with Gasteiger partial charge in [0.1, 0.15) is 5.82 Å². The summed E-state index contributed by atoms with van der Waals surface area (Å²) in [5.74, 6) is 0.444. The van der Waals surface area contributed by atoms with Gasteiger partial charge >= 0.3 is 5.97 Å². The lowest BCUT2D eigenvalue weighted by Gasteiger charge is -2.13. The molecule has 0 aliphatic carbocycles. The number of aryl methyl sites for hydroxylation is 1. The number of carbonyl (C=O) groups is 1. The third-order valence-corrected chi connectivity index (χ3v) is 3.79. The van der Waals surface area contributed by atoms with Gasteiger partial charge in [0.25, 0.3) is 0 Å². The molecule has 104 valence electrons. The summed E-state index contributed by atoms with van der Waals surface area (Å²) in [5, 5.41) is 3.26. The monoisotopic (exact) mass is 382 g/mol. The Morgan fingerprint density at radius 2 is 2.10 bits per heavy atom. The second-order valence-corrected chi connectivity index (χ2v) is 5.60. The molecule has 20 heavy (non-hydrogen) atoms. The second-order valence-electron chi connectivity index (χ2n) is 4.44. The molecule has 1 aromatic heterocycles. The van der Waals surface area contributed by atoms with Crippen LogP contribution < -0.4 is 5.32 Å². The van der Waals surface area contributed by atoms with Crippen molar-refractivity contribution in [2.24, 2.45) is 0 Å². The van der Waals surface area contributed by atoms with E-state index >= 15 is 0 Å². The molecule has 0 aliphatic heterocycles. The van der Waals surface area contributed by atoms with Crippen molar-refractivity contribution in [1.82, 2.24) is 4.98 Å². The molecule has 0 amide bonds. The standard InChI is InChI=1S/C15H15IN2O2/c1-9-7-12(16)14(17-8-9)18-13-6-4-5-11(10(13)2)15(19)20-3/h4-8H,1-3H3,(H,17,18). The maximum absolute atomic E-state index is 11.7. The minimum absolute atomic E-state index is 0.335. The predicted octanol–water partition coefficient (Wildman–Crippen LogP) is 3.83. The summed E-state index contributed by atoms with van der Waals surface area (Å²) in [6, 6.07) is 7.54. The summed E-state index contributed by atoms with van der Waals surface area (Å²) >= 11 is 2.24. The molecule has 0 spiro atoms. The van der Waals surface area contributed by atoms with Gasteiger partial charge in [0.15, 0.2) is 0 Å². The zero-order chi connectivity index (χ0) is 14.7. The van der Waals surface area contributed by atoms with E-state index in [-0.39, 0.29) is 5.97 Å². The summed E-state index contributed by atoms with van der Waals surface area (Å²) in [6.45, 7) is 3.89. The highest BCUT2D eigenvalue weighted by Gasteiger charge is 2.12. The minimum atomic E-state index is -0.335. The summed E-state index contributed by atoms with van der Waals surface area (Å²) in [5.41, 5.74) is 3.36. The lowest BCUT2D eigenvalue weighted by Crippen LogP contribution is -2.06. The second kappa shape index (κ2) is 6.21. The molecule has 2 rings (SSSR count). The van der Waals surface area contributed by atoms with Crippen molar-refractivity contribution in [2.75, 3.05) is 12.4 Å². The van der Waals surface area contributed by atoms with Gasteiger partial charge in [0, 0.05) is 11.9 Å². The summed E-state index contributed by atoms with van der Waals surface area (Å²) in [6.07, 6.45) is 1.81. The fraction of sp³-hybridized carbons (Fsp3) is 0.200. The van der Waals surface area contributed by atoms with E-state index in [9.17, 15) is 4.79 Å². The van der Waals surface area contributed by atoms with E-state index in [1.54, 1.807) is 6.07 Å². The summed E-state index contributed by atoms with van der Waals surface area (Å²) < 4.78 is 5.81. The first-order valence-corrected chi connectivity index (χ1v) is 7.18. The lowest BCUT2D eigenvalue weighted by molar-refractivity contribution is 0.0600. The number of aromatic nitrogens is 1. The quantitative estimate of drug-likeness (QED) is 0.648. The van der Waals surface area contributed by atoms with E-state index in [0.29, 0.717) is 5.56 Å². The Bertz CT molecular complexity index is 656. The lowest BCUT2D eigenvalue weighted by atomic mass is 10.1. The maximum atomic E-state index is 11.7. The van der Waals surface area contributed by atoms with E-state index < -0.39 is 0 Å². The molecule has 0 saturated heterocycles. The van der Waals surface area contributed by atoms with Gasteiger partial charge in [-0.1, -0.05) is 6.07 Å². The van der Waals surface area contributed by atoms with Crippen molar-refractivity contribution in [3.05, 3.63) is 50.7 Å². The van der Waals surface area contributed by atoms with Gasteiger partial charge in [0.2, 0.25) is 0 Å². The van der Waals surface area contributed by atoms with Crippen molar-refractivity contribution in [1.29, 1.82) is 0 Å². The molecule has 0 aliphatic rings. The predicted molar refractivity (Wildman–Crippen MR) is 87.5 cm³/mol. The third kappa shape index (κ3) is 3.09. The smallest absolute Gasteiger partial charge is 0.338 e. The van der Waals surface area contributed by atoms with Crippen LogP contribution >= 0.6 is 22.6 Å². The van der Waals surface area contributed by atoms with Crippen LogP contribution in [0.5, 0.6) is 0 Å². The highest BCUT2D eigenvalue weighted by Crippen LogP contribution is 2.25. The summed E-state index contributed by atoms with van der Waals surface area (Å²) in [7, 11) is 1.38. The van der Waals surface area contributed by atoms with Crippen LogP contribution in [0.2, 0.25) is 0 Å². The van der Waals surface area contributed by atoms with Crippen LogP contribution in [0.15, 0.2) is 30.5 Å². The number of esters is 1. The number of nitrogens with one attached hydrogen (secondary N) is 1. The summed E-state index contributed by atoms with van der Waals surface area (Å²) in [4.78, 5) is 16.1. The number of rotatable bonds is 3. The van der Waals surface area contributed by atoms with Crippen molar-refractivity contribution in [3.8, 4) is 0 Å². The Balaban J connectivity index is 2.37. The number of anilines is 2. The van der Waals surface area contributed by atoms with Crippen LogP contribution in [0.25, 0.3) is 0 Å². The van der Waals surface area contributed by atoms with Crippen molar-refractivity contribution in [2.45, 2.75) is 13.8 Å². The zero-order valence-electron chi connectivity index (χ0n) is 11.5. The Morgan fingerprint density at radius 3 is 2.75 bits per heavy atom. The van der Waals surface area contributed by atoms with Crippen LogP contribution in [0, 0.1) is 17.4 Å². The van der Waals surface area contributed by atoms with Gasteiger partial charge in [-0.2, -0.15) is 0 Å². The van der Waals surface area contributed by atoms with Gasteiger partial charge in [-0.25, -0.2) is 9.78 Å². The number of hydrogen-bond donors (Lipinski definition) is 1. The Kier molecular flexibility index (Phi) is 4.59. The van der Waals surface area contributed by atoms with Crippen LogP contribution in [0.3, 0.4) is 0 Å². The van der Waals surface area contributed by atoms with Crippen molar-refractivity contribution in [3.63, 3.8) is 0 Å². The fourth-order valence-electron chi connectivity index (χ4n) is 1.86. The molecule has 2 aromatic rings. The number of nitrogens with zero attached hydrogens (tertiary/aromatic N) is 1. The van der Waals surface area contributed by atoms with Gasteiger partial charge in [-0.05, 0) is 65.8 Å². The number of benzene rings is 1. The van der Waals surface area contributed by atoms with Crippen LogP contribution in [-0.2, 0) is 4.74 Å². The number of pyridine rings is 1. The highest BCUT2D eigenvalue weighted by atomic mass is 127. The first-order valence-electron chi connectivity index (χ1n) is 6.10. The Labute approximate surface area is 131 Å². The molecule has 0 saturated carbocycles. The molecule has 0 unspecified atom stereocenters. The third-order valence-electron chi connectivity index (χ3n) is 2.97.